The molecule has 0 aliphatic carbocycles. The number of hydrogen-bond donors (Lipinski definition) is 1. The van der Waals surface area contributed by atoms with E-state index in [0.717, 1.165) is 70.6 Å². The van der Waals surface area contributed by atoms with Crippen LogP contribution >= 0.6 is 0 Å². The van der Waals surface area contributed by atoms with Crippen molar-refractivity contribution in [2.75, 3.05) is 13.2 Å². The highest BCUT2D eigenvalue weighted by Crippen LogP contribution is 2.13. The number of unbranched alkanes of at least 4 members (excludes halogenated alkanes) is 16. The van der Waals surface area contributed by atoms with Gasteiger partial charge in [0.1, 0.15) is 6.61 Å². The van der Waals surface area contributed by atoms with Gasteiger partial charge in [-0.2, -0.15) is 0 Å². The van der Waals surface area contributed by atoms with Gasteiger partial charge in [0.05, 0.1) is 6.61 Å². The Kier molecular flexibility index (Phi) is 31.1. The number of aliphatic hydroxyl groups excluding tert-OH is 1. The van der Waals surface area contributed by atoms with Crippen LogP contribution < -0.4 is 0 Å². The second kappa shape index (κ2) is 32.6. The number of carbonyl (C=O) groups is 2. The molecule has 1 N–H and O–H groups in total. The molecule has 238 valence electrons. The van der Waals surface area contributed by atoms with Crippen molar-refractivity contribution in [2.24, 2.45) is 0 Å². The van der Waals surface area contributed by atoms with E-state index in [1.165, 1.54) is 64.2 Å². The minimum atomic E-state index is -0.775. The van der Waals surface area contributed by atoms with Gasteiger partial charge in [0.25, 0.3) is 0 Å². The molecule has 0 saturated heterocycles. The molecule has 0 fully saturated rings. The van der Waals surface area contributed by atoms with Crippen molar-refractivity contribution >= 4 is 11.9 Å². The summed E-state index contributed by atoms with van der Waals surface area (Å²) in [6, 6.07) is 0. The fourth-order valence-corrected chi connectivity index (χ4v) is 4.63. The van der Waals surface area contributed by atoms with Crippen LogP contribution in [-0.2, 0) is 19.1 Å². The molecule has 0 bridgehead atoms. The number of esters is 2. The average Bonchev–Trinajstić information content (AvgIpc) is 2.97. The standard InChI is InChI=1S/C36H64O5/c1-3-5-7-9-11-13-15-17-18-19-21-23-25-27-29-31-36(39)41-34(32-37)33-40-35(38)30-28-26-24-22-20-16-14-12-10-8-6-4-2/h5,7,11,13,17-18,34,37H,3-4,6,8-10,12,14-16,19-33H2,1-2H3/b7-5-,13-11-,18-17-. The summed E-state index contributed by atoms with van der Waals surface area (Å²) in [5, 5.41) is 9.50. The van der Waals surface area contributed by atoms with Crippen LogP contribution in [-0.4, -0.2) is 36.4 Å². The molecule has 0 spiro atoms. The lowest BCUT2D eigenvalue weighted by Crippen LogP contribution is -2.28. The van der Waals surface area contributed by atoms with E-state index in [4.69, 9.17) is 9.47 Å². The first-order valence-corrected chi connectivity index (χ1v) is 17.0. The summed E-state index contributed by atoms with van der Waals surface area (Å²) in [4.78, 5) is 24.1. The summed E-state index contributed by atoms with van der Waals surface area (Å²) < 4.78 is 10.5. The minimum absolute atomic E-state index is 0.0709. The molecule has 0 heterocycles. The predicted octanol–water partition coefficient (Wildman–Crippen LogP) is 10.1. The molecule has 41 heavy (non-hydrogen) atoms. The van der Waals surface area contributed by atoms with Crippen molar-refractivity contribution < 1.29 is 24.2 Å². The van der Waals surface area contributed by atoms with Crippen LogP contribution in [0.25, 0.3) is 0 Å². The number of carbonyl (C=O) groups excluding carboxylic acids is 2. The Bertz CT molecular complexity index is 667. The maximum Gasteiger partial charge on any atom is 0.306 e. The molecule has 5 nitrogen and oxygen atoms in total. The lowest BCUT2D eigenvalue weighted by molar-refractivity contribution is -0.161. The molecule has 5 heteroatoms. The molecule has 0 aliphatic heterocycles. The molecule has 0 aromatic heterocycles. The average molecular weight is 577 g/mol. The molecule has 1 unspecified atom stereocenters. The number of ether oxygens (including phenoxy) is 2. The van der Waals surface area contributed by atoms with E-state index >= 15 is 0 Å². The highest BCUT2D eigenvalue weighted by molar-refractivity contribution is 5.70. The second-order valence-electron chi connectivity index (χ2n) is 11.2. The molecule has 1 atom stereocenters. The molecule has 0 amide bonds. The largest absolute Gasteiger partial charge is 0.462 e. The summed E-state index contributed by atoms with van der Waals surface area (Å²) in [6.07, 6.45) is 37.6. The molecular weight excluding hydrogens is 512 g/mol. The van der Waals surface area contributed by atoms with E-state index in [2.05, 4.69) is 50.3 Å². The van der Waals surface area contributed by atoms with Gasteiger partial charge in [-0.15, -0.1) is 0 Å². The topological polar surface area (TPSA) is 72.8 Å². The first kappa shape index (κ1) is 39.1. The number of hydrogen-bond acceptors (Lipinski definition) is 5. The lowest BCUT2D eigenvalue weighted by Gasteiger charge is -2.15. The predicted molar refractivity (Wildman–Crippen MR) is 173 cm³/mol. The molecule has 0 saturated carbocycles. The molecule has 0 aromatic carbocycles. The maximum absolute atomic E-state index is 12.1. The number of allylic oxidation sites excluding steroid dienone is 6. The summed E-state index contributed by atoms with van der Waals surface area (Å²) in [6.45, 7) is 3.99. The Labute approximate surface area is 253 Å². The number of rotatable bonds is 30. The zero-order chi connectivity index (χ0) is 30.1. The SMILES string of the molecule is CC/C=C\C/C=C\C/C=C\CCCCCCCC(=O)OC(CO)COC(=O)CCCCCCCCCCCCCC. The van der Waals surface area contributed by atoms with Gasteiger partial charge in [-0.1, -0.05) is 140 Å². The van der Waals surface area contributed by atoms with Gasteiger partial charge >= 0.3 is 11.9 Å². The van der Waals surface area contributed by atoms with Crippen molar-refractivity contribution in [3.8, 4) is 0 Å². The van der Waals surface area contributed by atoms with E-state index in [-0.39, 0.29) is 25.2 Å². The third kappa shape index (κ3) is 30.9. The number of aliphatic hydroxyl groups is 1. The van der Waals surface area contributed by atoms with Crippen LogP contribution in [0, 0.1) is 0 Å². The van der Waals surface area contributed by atoms with Gasteiger partial charge in [-0.05, 0) is 44.9 Å². The van der Waals surface area contributed by atoms with Crippen LogP contribution in [0.5, 0.6) is 0 Å². The highest BCUT2D eigenvalue weighted by atomic mass is 16.6. The molecular formula is C36H64O5. The van der Waals surface area contributed by atoms with Crippen LogP contribution in [0.4, 0.5) is 0 Å². The minimum Gasteiger partial charge on any atom is -0.462 e. The normalized spacial score (nSPS) is 12.6. The van der Waals surface area contributed by atoms with Crippen molar-refractivity contribution in [1.82, 2.24) is 0 Å². The van der Waals surface area contributed by atoms with Gasteiger partial charge < -0.3 is 14.6 Å². The Balaban J connectivity index is 3.61. The van der Waals surface area contributed by atoms with Gasteiger partial charge in [0, 0.05) is 12.8 Å². The summed E-state index contributed by atoms with van der Waals surface area (Å²) in [7, 11) is 0. The second-order valence-corrected chi connectivity index (χ2v) is 11.2. The summed E-state index contributed by atoms with van der Waals surface area (Å²) >= 11 is 0. The Morgan fingerprint density at radius 3 is 1.59 bits per heavy atom. The van der Waals surface area contributed by atoms with E-state index < -0.39 is 6.10 Å². The summed E-state index contributed by atoms with van der Waals surface area (Å²) in [5.41, 5.74) is 0. The van der Waals surface area contributed by atoms with Crippen molar-refractivity contribution in [3.63, 3.8) is 0 Å². The zero-order valence-electron chi connectivity index (χ0n) is 26.8. The molecule has 0 aromatic rings. The van der Waals surface area contributed by atoms with Crippen LogP contribution in [0.1, 0.15) is 162 Å². The monoisotopic (exact) mass is 576 g/mol. The van der Waals surface area contributed by atoms with Crippen molar-refractivity contribution in [2.45, 2.75) is 168 Å². The fraction of sp³-hybridized carbons (Fsp3) is 0.778. The Morgan fingerprint density at radius 2 is 1.05 bits per heavy atom. The molecule has 0 rings (SSSR count). The first-order chi connectivity index (χ1) is 20.1. The molecule has 0 aliphatic rings. The highest BCUT2D eigenvalue weighted by Gasteiger charge is 2.16. The van der Waals surface area contributed by atoms with Gasteiger partial charge in [-0.25, -0.2) is 0 Å². The van der Waals surface area contributed by atoms with Crippen LogP contribution in [0.3, 0.4) is 0 Å². The third-order valence-corrected chi connectivity index (χ3v) is 7.20. The Morgan fingerprint density at radius 1 is 0.585 bits per heavy atom. The first-order valence-electron chi connectivity index (χ1n) is 17.0. The molecule has 0 radical (unpaired) electrons. The van der Waals surface area contributed by atoms with Crippen LogP contribution in [0.2, 0.25) is 0 Å². The van der Waals surface area contributed by atoms with Crippen molar-refractivity contribution in [1.29, 1.82) is 0 Å². The smallest absolute Gasteiger partial charge is 0.306 e. The lowest BCUT2D eigenvalue weighted by atomic mass is 10.0. The quantitative estimate of drug-likeness (QED) is 0.0523. The summed E-state index contributed by atoms with van der Waals surface area (Å²) in [5.74, 6) is -0.611. The van der Waals surface area contributed by atoms with Crippen LogP contribution in [0.15, 0.2) is 36.5 Å². The van der Waals surface area contributed by atoms with E-state index in [1.807, 2.05) is 0 Å². The van der Waals surface area contributed by atoms with E-state index in [1.54, 1.807) is 0 Å². The zero-order valence-corrected chi connectivity index (χ0v) is 26.8. The third-order valence-electron chi connectivity index (χ3n) is 7.20. The van der Waals surface area contributed by atoms with Gasteiger partial charge in [0.2, 0.25) is 0 Å². The van der Waals surface area contributed by atoms with E-state index in [9.17, 15) is 14.7 Å². The van der Waals surface area contributed by atoms with Gasteiger partial charge in [-0.3, -0.25) is 9.59 Å². The fourth-order valence-electron chi connectivity index (χ4n) is 4.63. The maximum atomic E-state index is 12.1. The Hall–Kier alpha value is -1.88. The van der Waals surface area contributed by atoms with E-state index in [0.29, 0.717) is 12.8 Å². The van der Waals surface area contributed by atoms with Gasteiger partial charge in [0.15, 0.2) is 6.10 Å². The van der Waals surface area contributed by atoms with Crippen molar-refractivity contribution in [3.05, 3.63) is 36.5 Å².